The Labute approximate surface area is 156 Å². The molecular weight excluding hydrogens is 393 g/mol. The van der Waals surface area contributed by atoms with Crippen LogP contribution in [-0.4, -0.2) is 38.9 Å². The maximum atomic E-state index is 12.8. The average Bonchev–Trinajstić information content (AvgIpc) is 3.30. The molecule has 1 fully saturated rings. The van der Waals surface area contributed by atoms with Gasteiger partial charge in [-0.15, -0.1) is 12.4 Å². The number of rotatable bonds is 7. The van der Waals surface area contributed by atoms with Crippen LogP contribution in [0.25, 0.3) is 0 Å². The van der Waals surface area contributed by atoms with E-state index in [0.717, 1.165) is 18.4 Å². The van der Waals surface area contributed by atoms with E-state index in [0.29, 0.717) is 18.4 Å². The zero-order chi connectivity index (χ0) is 18.9. The van der Waals surface area contributed by atoms with Gasteiger partial charge in [0, 0.05) is 18.2 Å². The summed E-state index contributed by atoms with van der Waals surface area (Å²) in [5.41, 5.74) is 4.98. The molecule has 2 rings (SSSR count). The quantitative estimate of drug-likeness (QED) is 0.714. The Morgan fingerprint density at radius 1 is 1.35 bits per heavy atom. The van der Waals surface area contributed by atoms with Crippen LogP contribution in [0.1, 0.15) is 30.4 Å². The highest BCUT2D eigenvalue weighted by Crippen LogP contribution is 2.48. The summed E-state index contributed by atoms with van der Waals surface area (Å²) in [6, 6.07) is 4.14. The number of amides is 1. The number of nitrogens with two attached hydrogens (primary N) is 1. The largest absolute Gasteiger partial charge is 0.416 e. The van der Waals surface area contributed by atoms with Crippen molar-refractivity contribution in [2.24, 2.45) is 5.73 Å². The highest BCUT2D eigenvalue weighted by Gasteiger charge is 2.45. The first-order valence-electron chi connectivity index (χ1n) is 7.82. The van der Waals surface area contributed by atoms with E-state index in [1.165, 1.54) is 6.07 Å². The molecule has 0 aromatic heterocycles. The molecule has 1 unspecified atom stereocenters. The van der Waals surface area contributed by atoms with E-state index in [2.05, 4.69) is 5.32 Å². The van der Waals surface area contributed by atoms with Crippen molar-refractivity contribution in [1.29, 1.82) is 0 Å². The van der Waals surface area contributed by atoms with Crippen LogP contribution in [0.3, 0.4) is 0 Å². The summed E-state index contributed by atoms with van der Waals surface area (Å²) in [7, 11) is -3.21. The molecule has 26 heavy (non-hydrogen) atoms. The first-order chi connectivity index (χ1) is 11.4. The number of sulfone groups is 1. The van der Waals surface area contributed by atoms with Crippen molar-refractivity contribution >= 4 is 28.2 Å². The van der Waals surface area contributed by atoms with Crippen molar-refractivity contribution in [2.45, 2.75) is 36.9 Å². The highest BCUT2D eigenvalue weighted by atomic mass is 35.5. The van der Waals surface area contributed by atoms with Gasteiger partial charge in [-0.25, -0.2) is 8.42 Å². The molecule has 0 heterocycles. The minimum atomic E-state index is -4.41. The van der Waals surface area contributed by atoms with Crippen LogP contribution in [0.2, 0.25) is 0 Å². The molecule has 1 saturated carbocycles. The van der Waals surface area contributed by atoms with Gasteiger partial charge in [-0.05, 0) is 30.9 Å². The second kappa shape index (κ2) is 8.14. The predicted molar refractivity (Wildman–Crippen MR) is 94.9 cm³/mol. The highest BCUT2D eigenvalue weighted by molar-refractivity contribution is 7.90. The van der Waals surface area contributed by atoms with Crippen molar-refractivity contribution in [3.05, 3.63) is 35.4 Å². The Balaban J connectivity index is 0.00000338. The van der Waals surface area contributed by atoms with Gasteiger partial charge in [-0.3, -0.25) is 4.79 Å². The van der Waals surface area contributed by atoms with Crippen LogP contribution < -0.4 is 11.1 Å². The van der Waals surface area contributed by atoms with Gasteiger partial charge in [0.1, 0.15) is 9.84 Å². The first-order valence-corrected chi connectivity index (χ1v) is 9.88. The van der Waals surface area contributed by atoms with Crippen molar-refractivity contribution in [2.75, 3.05) is 18.6 Å². The Morgan fingerprint density at radius 3 is 2.46 bits per heavy atom. The lowest BCUT2D eigenvalue weighted by atomic mass is 9.94. The monoisotopic (exact) mass is 414 g/mol. The molecule has 0 aliphatic heterocycles. The standard InChI is InChI=1S/C16H21F3N2O3S.ClH/c1-25(23,24)8-5-13(20)14(22)21-10-15(6-7-15)11-3-2-4-12(9-11)16(17,18)19;/h2-4,9,13H,5-8,10,20H2,1H3,(H,21,22);1H. The van der Waals surface area contributed by atoms with Gasteiger partial charge in [0.15, 0.2) is 0 Å². The SMILES string of the molecule is CS(=O)(=O)CCC(N)C(=O)NCC1(c2cccc(C(F)(F)F)c2)CC1.Cl. The van der Waals surface area contributed by atoms with E-state index in [1.807, 2.05) is 0 Å². The van der Waals surface area contributed by atoms with E-state index in [-0.39, 0.29) is 31.1 Å². The van der Waals surface area contributed by atoms with Crippen molar-refractivity contribution < 1.29 is 26.4 Å². The maximum absolute atomic E-state index is 12.8. The van der Waals surface area contributed by atoms with E-state index in [4.69, 9.17) is 5.73 Å². The lowest BCUT2D eigenvalue weighted by Gasteiger charge is -2.20. The number of alkyl halides is 3. The molecule has 0 spiro atoms. The third kappa shape index (κ3) is 6.14. The number of halogens is 4. The summed E-state index contributed by atoms with van der Waals surface area (Å²) >= 11 is 0. The Bertz CT molecular complexity index is 749. The second-order valence-corrected chi connectivity index (χ2v) is 8.86. The average molecular weight is 415 g/mol. The number of nitrogens with one attached hydrogen (secondary N) is 1. The van der Waals surface area contributed by atoms with Crippen LogP contribution in [0.4, 0.5) is 13.2 Å². The topological polar surface area (TPSA) is 89.3 Å². The van der Waals surface area contributed by atoms with E-state index < -0.39 is 38.9 Å². The third-order valence-corrected chi connectivity index (χ3v) is 5.37. The fraction of sp³-hybridized carbons (Fsp3) is 0.562. The summed E-state index contributed by atoms with van der Waals surface area (Å²) in [5.74, 6) is -0.692. The molecule has 0 bridgehead atoms. The zero-order valence-electron chi connectivity index (χ0n) is 14.2. The van der Waals surface area contributed by atoms with Crippen molar-refractivity contribution in [1.82, 2.24) is 5.32 Å². The molecule has 3 N–H and O–H groups in total. The summed E-state index contributed by atoms with van der Waals surface area (Å²) in [6.07, 6.45) is -2.00. The van der Waals surface area contributed by atoms with Crippen LogP contribution in [0, 0.1) is 0 Å². The van der Waals surface area contributed by atoms with Gasteiger partial charge in [0.2, 0.25) is 5.91 Å². The van der Waals surface area contributed by atoms with Crippen LogP contribution in [0.5, 0.6) is 0 Å². The molecular formula is C16H22ClF3N2O3S. The fourth-order valence-corrected chi connectivity index (χ4v) is 3.29. The molecule has 148 valence electrons. The van der Waals surface area contributed by atoms with Crippen LogP contribution >= 0.6 is 12.4 Å². The van der Waals surface area contributed by atoms with E-state index >= 15 is 0 Å². The number of carbonyl (C=O) groups is 1. The van der Waals surface area contributed by atoms with Gasteiger partial charge in [-0.2, -0.15) is 13.2 Å². The predicted octanol–water partition coefficient (Wildman–Crippen LogP) is 2.04. The molecule has 1 aromatic rings. The van der Waals surface area contributed by atoms with E-state index in [9.17, 15) is 26.4 Å². The molecule has 1 amide bonds. The number of benzene rings is 1. The normalized spacial score (nSPS) is 17.1. The Kier molecular flexibility index (Phi) is 7.11. The molecule has 5 nitrogen and oxygen atoms in total. The lowest BCUT2D eigenvalue weighted by molar-refractivity contribution is -0.137. The molecule has 1 aliphatic carbocycles. The van der Waals surface area contributed by atoms with Gasteiger partial charge >= 0.3 is 6.18 Å². The Morgan fingerprint density at radius 2 is 1.96 bits per heavy atom. The smallest absolute Gasteiger partial charge is 0.354 e. The van der Waals surface area contributed by atoms with Crippen LogP contribution in [-0.2, 0) is 26.2 Å². The molecule has 10 heteroatoms. The second-order valence-electron chi connectivity index (χ2n) is 6.60. The lowest BCUT2D eigenvalue weighted by Crippen LogP contribution is -2.44. The zero-order valence-corrected chi connectivity index (χ0v) is 15.8. The van der Waals surface area contributed by atoms with Gasteiger partial charge in [0.25, 0.3) is 0 Å². The Hall–Kier alpha value is -1.32. The summed E-state index contributed by atoms with van der Waals surface area (Å²) in [6.45, 7) is 0.180. The van der Waals surface area contributed by atoms with Gasteiger partial charge in [0.05, 0.1) is 17.4 Å². The number of carbonyl (C=O) groups excluding carboxylic acids is 1. The maximum Gasteiger partial charge on any atom is 0.416 e. The van der Waals surface area contributed by atoms with Crippen molar-refractivity contribution in [3.63, 3.8) is 0 Å². The molecule has 1 aromatic carbocycles. The molecule has 1 aliphatic rings. The van der Waals surface area contributed by atoms with Crippen LogP contribution in [0.15, 0.2) is 24.3 Å². The fourth-order valence-electron chi connectivity index (χ4n) is 2.60. The summed E-state index contributed by atoms with van der Waals surface area (Å²) < 4.78 is 60.7. The molecule has 0 radical (unpaired) electrons. The number of hydrogen-bond donors (Lipinski definition) is 2. The minimum absolute atomic E-state index is 0. The van der Waals surface area contributed by atoms with Gasteiger partial charge in [-0.1, -0.05) is 18.2 Å². The third-order valence-electron chi connectivity index (χ3n) is 4.39. The molecule has 0 saturated heterocycles. The van der Waals surface area contributed by atoms with Gasteiger partial charge < -0.3 is 11.1 Å². The summed E-state index contributed by atoms with van der Waals surface area (Å²) in [4.78, 5) is 12.0. The minimum Gasteiger partial charge on any atom is -0.354 e. The van der Waals surface area contributed by atoms with Crippen molar-refractivity contribution in [3.8, 4) is 0 Å². The number of hydrogen-bond acceptors (Lipinski definition) is 4. The van der Waals surface area contributed by atoms with E-state index in [1.54, 1.807) is 6.07 Å². The molecule has 1 atom stereocenters. The first kappa shape index (κ1) is 22.7. The summed E-state index contributed by atoms with van der Waals surface area (Å²) in [5, 5.41) is 2.64.